The number of rotatable bonds is 3. The van der Waals surface area contributed by atoms with Gasteiger partial charge in [-0.15, -0.1) is 0 Å². The van der Waals surface area contributed by atoms with Crippen LogP contribution in [0.4, 0.5) is 0 Å². The molecule has 4 heteroatoms. The summed E-state index contributed by atoms with van der Waals surface area (Å²) in [4.78, 5) is 0. The molecule has 1 fully saturated rings. The first-order valence-electron chi connectivity index (χ1n) is 4.38. The summed E-state index contributed by atoms with van der Waals surface area (Å²) in [5, 5.41) is 9.95. The highest BCUT2D eigenvalue weighted by Gasteiger charge is 2.45. The van der Waals surface area contributed by atoms with E-state index >= 15 is 0 Å². The molecule has 1 aromatic carbocycles. The van der Waals surface area contributed by atoms with E-state index in [1.165, 1.54) is 0 Å². The molecule has 1 aliphatic heterocycles. The fourth-order valence-corrected chi connectivity index (χ4v) is 1.80. The first kappa shape index (κ1) is 10.2. The van der Waals surface area contributed by atoms with Crippen LogP contribution in [0.3, 0.4) is 0 Å². The molecular weight excluding hydrogens is 223 g/mol. The van der Waals surface area contributed by atoms with Crippen molar-refractivity contribution in [3.05, 3.63) is 33.8 Å². The Hall–Kier alpha value is -0.280. The van der Waals surface area contributed by atoms with Crippen molar-refractivity contribution < 1.29 is 9.84 Å². The van der Waals surface area contributed by atoms with Crippen LogP contribution >= 0.6 is 23.2 Å². The number of hydrogen-bond acceptors (Lipinski definition) is 2. The van der Waals surface area contributed by atoms with Crippen LogP contribution in [0, 0.1) is 0 Å². The van der Waals surface area contributed by atoms with Crippen molar-refractivity contribution >= 4 is 23.2 Å². The van der Waals surface area contributed by atoms with E-state index in [-0.39, 0.29) is 12.2 Å². The lowest BCUT2D eigenvalue weighted by molar-refractivity contribution is 0.214. The zero-order valence-corrected chi connectivity index (χ0v) is 8.98. The molecule has 1 heterocycles. The number of halogens is 2. The third-order valence-corrected chi connectivity index (χ3v) is 3.19. The van der Waals surface area contributed by atoms with Crippen LogP contribution in [0.5, 0.6) is 0 Å². The summed E-state index contributed by atoms with van der Waals surface area (Å²) in [7, 11) is 0. The second-order valence-electron chi connectivity index (χ2n) is 3.39. The Kier molecular flexibility index (Phi) is 2.71. The van der Waals surface area contributed by atoms with Crippen LogP contribution in [-0.4, -0.2) is 18.3 Å². The number of aliphatic hydroxyl groups is 1. The van der Waals surface area contributed by atoms with E-state index in [4.69, 9.17) is 33.0 Å². The van der Waals surface area contributed by atoms with Crippen molar-refractivity contribution in [2.24, 2.45) is 0 Å². The predicted molar refractivity (Wildman–Crippen MR) is 55.8 cm³/mol. The van der Waals surface area contributed by atoms with Crippen molar-refractivity contribution in [3.8, 4) is 0 Å². The molecule has 2 rings (SSSR count). The normalized spacial score (nSPS) is 25.1. The number of epoxide rings is 1. The molecule has 1 aromatic rings. The molecule has 1 N–H and O–H groups in total. The molecule has 76 valence electrons. The fraction of sp³-hybridized carbons (Fsp3) is 0.400. The van der Waals surface area contributed by atoms with Gasteiger partial charge in [-0.25, -0.2) is 0 Å². The van der Waals surface area contributed by atoms with Crippen LogP contribution in [0.2, 0.25) is 10.0 Å². The Balaban J connectivity index is 2.28. The van der Waals surface area contributed by atoms with Gasteiger partial charge in [-0.1, -0.05) is 29.3 Å². The Labute approximate surface area is 92.4 Å². The van der Waals surface area contributed by atoms with Crippen molar-refractivity contribution in [2.75, 3.05) is 13.2 Å². The third kappa shape index (κ3) is 1.75. The van der Waals surface area contributed by atoms with Gasteiger partial charge in [-0.3, -0.25) is 0 Å². The Bertz CT molecular complexity index is 348. The van der Waals surface area contributed by atoms with Crippen LogP contribution < -0.4 is 0 Å². The molecule has 2 nitrogen and oxygen atoms in total. The smallest absolute Gasteiger partial charge is 0.119 e. The maximum absolute atomic E-state index is 8.89. The minimum Gasteiger partial charge on any atom is -0.396 e. The van der Waals surface area contributed by atoms with Crippen LogP contribution in [0.25, 0.3) is 0 Å². The summed E-state index contributed by atoms with van der Waals surface area (Å²) in [6.45, 7) is 0.756. The quantitative estimate of drug-likeness (QED) is 0.814. The molecular formula is C10H10Cl2O2. The highest BCUT2D eigenvalue weighted by Crippen LogP contribution is 2.43. The predicted octanol–water partition coefficient (Wildman–Crippen LogP) is 2.60. The highest BCUT2D eigenvalue weighted by molar-refractivity contribution is 6.42. The monoisotopic (exact) mass is 232 g/mol. The minimum atomic E-state index is -0.316. The number of aliphatic hydroxyl groups excluding tert-OH is 1. The van der Waals surface area contributed by atoms with Gasteiger partial charge in [0.05, 0.1) is 16.7 Å². The van der Waals surface area contributed by atoms with E-state index in [9.17, 15) is 0 Å². The SMILES string of the molecule is OCC[C@@]1(c2ccc(Cl)c(Cl)c2)CO1. The highest BCUT2D eigenvalue weighted by atomic mass is 35.5. The van der Waals surface area contributed by atoms with Gasteiger partial charge in [0, 0.05) is 13.0 Å². The molecule has 0 amide bonds. The summed E-state index contributed by atoms with van der Waals surface area (Å²) < 4.78 is 5.36. The molecule has 1 saturated heterocycles. The van der Waals surface area contributed by atoms with Gasteiger partial charge in [-0.05, 0) is 17.7 Å². The van der Waals surface area contributed by atoms with E-state index in [2.05, 4.69) is 0 Å². The molecule has 14 heavy (non-hydrogen) atoms. The van der Waals surface area contributed by atoms with Crippen molar-refractivity contribution in [1.29, 1.82) is 0 Å². The third-order valence-electron chi connectivity index (χ3n) is 2.45. The molecule has 0 aromatic heterocycles. The zero-order chi connectivity index (χ0) is 10.2. The zero-order valence-electron chi connectivity index (χ0n) is 7.46. The van der Waals surface area contributed by atoms with Gasteiger partial charge in [0.25, 0.3) is 0 Å². The average Bonchev–Trinajstić information content (AvgIpc) is 2.91. The lowest BCUT2D eigenvalue weighted by Gasteiger charge is -2.11. The van der Waals surface area contributed by atoms with E-state index in [1.807, 2.05) is 6.07 Å². The fourth-order valence-electron chi connectivity index (χ4n) is 1.50. The van der Waals surface area contributed by atoms with Gasteiger partial charge in [-0.2, -0.15) is 0 Å². The molecule has 0 saturated carbocycles. The minimum absolute atomic E-state index is 0.111. The second kappa shape index (κ2) is 3.70. The maximum atomic E-state index is 8.89. The van der Waals surface area contributed by atoms with Gasteiger partial charge in [0.15, 0.2) is 0 Å². The van der Waals surface area contributed by atoms with E-state index < -0.39 is 0 Å². The summed E-state index contributed by atoms with van der Waals surface area (Å²) >= 11 is 11.7. The maximum Gasteiger partial charge on any atom is 0.119 e. The van der Waals surface area contributed by atoms with Crippen LogP contribution in [0.15, 0.2) is 18.2 Å². The number of benzene rings is 1. The summed E-state index contributed by atoms with van der Waals surface area (Å²) in [5.41, 5.74) is 0.671. The standard InChI is InChI=1S/C10H10Cl2O2/c11-8-2-1-7(5-9(8)12)10(3-4-13)6-14-10/h1-2,5,13H,3-4,6H2/t10-/m0/s1. The van der Waals surface area contributed by atoms with Crippen molar-refractivity contribution in [1.82, 2.24) is 0 Å². The van der Waals surface area contributed by atoms with Crippen molar-refractivity contribution in [3.63, 3.8) is 0 Å². The Morgan fingerprint density at radius 2 is 2.07 bits per heavy atom. The molecule has 1 aliphatic rings. The number of hydrogen-bond donors (Lipinski definition) is 1. The Morgan fingerprint density at radius 3 is 2.57 bits per heavy atom. The van der Waals surface area contributed by atoms with Crippen LogP contribution in [-0.2, 0) is 10.3 Å². The number of ether oxygens (including phenoxy) is 1. The molecule has 0 unspecified atom stereocenters. The molecule has 0 bridgehead atoms. The summed E-state index contributed by atoms with van der Waals surface area (Å²) in [6.07, 6.45) is 0.602. The lowest BCUT2D eigenvalue weighted by atomic mass is 9.97. The summed E-state index contributed by atoms with van der Waals surface area (Å²) in [5.74, 6) is 0. The molecule has 0 aliphatic carbocycles. The van der Waals surface area contributed by atoms with Gasteiger partial charge in [0.2, 0.25) is 0 Å². The van der Waals surface area contributed by atoms with E-state index in [1.54, 1.807) is 12.1 Å². The largest absolute Gasteiger partial charge is 0.396 e. The first-order chi connectivity index (χ1) is 6.68. The Morgan fingerprint density at radius 1 is 1.36 bits per heavy atom. The van der Waals surface area contributed by atoms with E-state index in [0.29, 0.717) is 23.1 Å². The van der Waals surface area contributed by atoms with Gasteiger partial charge >= 0.3 is 0 Å². The average molecular weight is 233 g/mol. The van der Waals surface area contributed by atoms with Crippen LogP contribution in [0.1, 0.15) is 12.0 Å². The molecule has 0 radical (unpaired) electrons. The summed E-state index contributed by atoms with van der Waals surface area (Å²) in [6, 6.07) is 5.43. The second-order valence-corrected chi connectivity index (χ2v) is 4.20. The van der Waals surface area contributed by atoms with Crippen molar-refractivity contribution in [2.45, 2.75) is 12.0 Å². The molecule has 1 atom stereocenters. The lowest BCUT2D eigenvalue weighted by Crippen LogP contribution is -2.10. The van der Waals surface area contributed by atoms with Gasteiger partial charge < -0.3 is 9.84 Å². The van der Waals surface area contributed by atoms with E-state index in [0.717, 1.165) is 5.56 Å². The topological polar surface area (TPSA) is 32.8 Å². The first-order valence-corrected chi connectivity index (χ1v) is 5.14. The van der Waals surface area contributed by atoms with Gasteiger partial charge in [0.1, 0.15) is 5.60 Å². The molecule has 0 spiro atoms.